The van der Waals surface area contributed by atoms with Gasteiger partial charge >= 0.3 is 0 Å². The molecule has 0 N–H and O–H groups in total. The first-order valence-electron chi connectivity index (χ1n) is 4.52. The zero-order valence-corrected chi connectivity index (χ0v) is 11.6. The summed E-state index contributed by atoms with van der Waals surface area (Å²) in [5.41, 5.74) is 0. The Morgan fingerprint density at radius 3 is 2.40 bits per heavy atom. The summed E-state index contributed by atoms with van der Waals surface area (Å²) < 4.78 is 4.89. The van der Waals surface area contributed by atoms with Crippen LogP contribution < -0.4 is 0 Å². The Morgan fingerprint density at radius 1 is 0.800 bits per heavy atom. The third-order valence-corrected chi connectivity index (χ3v) is 5.40. The number of hydrogen-bond acceptors (Lipinski definition) is 1. The van der Waals surface area contributed by atoms with Gasteiger partial charge in [-0.2, -0.15) is 0 Å². The van der Waals surface area contributed by atoms with Crippen molar-refractivity contribution in [1.29, 1.82) is 0 Å². The van der Waals surface area contributed by atoms with E-state index in [1.165, 1.54) is 20.2 Å². The summed E-state index contributed by atoms with van der Waals surface area (Å²) in [6.07, 6.45) is 0. The predicted octanol–water partition coefficient (Wildman–Crippen LogP) is 5.58. The number of rotatable bonds is 0. The van der Waals surface area contributed by atoms with Gasteiger partial charge in [0.2, 0.25) is 0 Å². The number of benzene rings is 2. The fraction of sp³-hybridized carbons (Fsp3) is 0. The maximum absolute atomic E-state index is 3.54. The van der Waals surface area contributed by atoms with E-state index in [9.17, 15) is 0 Å². The van der Waals surface area contributed by atoms with E-state index in [1.807, 2.05) is 11.3 Å². The molecule has 15 heavy (non-hydrogen) atoms. The predicted molar refractivity (Wildman–Crippen MR) is 74.7 cm³/mol. The monoisotopic (exact) mass is 340 g/mol. The lowest BCUT2D eigenvalue weighted by atomic mass is 10.2. The Kier molecular flexibility index (Phi) is 2.34. The molecule has 0 bridgehead atoms. The standard InChI is InChI=1S/C12H6Br2S/c13-9-5-8-7-3-1-2-4-11(7)15-12(8)6-10(9)14/h1-6H. The van der Waals surface area contributed by atoms with Gasteiger partial charge < -0.3 is 0 Å². The smallest absolute Gasteiger partial charge is 0.0367 e. The first kappa shape index (κ1) is 9.82. The minimum absolute atomic E-state index is 1.11. The normalized spacial score (nSPS) is 11.3. The topological polar surface area (TPSA) is 0 Å². The van der Waals surface area contributed by atoms with Crippen LogP contribution in [0.2, 0.25) is 0 Å². The summed E-state index contributed by atoms with van der Waals surface area (Å²) in [5.74, 6) is 0. The van der Waals surface area contributed by atoms with E-state index < -0.39 is 0 Å². The van der Waals surface area contributed by atoms with E-state index >= 15 is 0 Å². The van der Waals surface area contributed by atoms with E-state index in [4.69, 9.17) is 0 Å². The van der Waals surface area contributed by atoms with Crippen LogP contribution in [0.1, 0.15) is 0 Å². The van der Waals surface area contributed by atoms with Crippen molar-refractivity contribution in [3.05, 3.63) is 45.3 Å². The van der Waals surface area contributed by atoms with E-state index in [0.29, 0.717) is 0 Å². The Hall–Kier alpha value is -0.380. The van der Waals surface area contributed by atoms with Crippen LogP contribution in [0.4, 0.5) is 0 Å². The summed E-state index contributed by atoms with van der Waals surface area (Å²) in [6, 6.07) is 12.9. The van der Waals surface area contributed by atoms with Crippen LogP contribution in [-0.2, 0) is 0 Å². The van der Waals surface area contributed by atoms with Crippen LogP contribution in [0, 0.1) is 0 Å². The zero-order valence-electron chi connectivity index (χ0n) is 7.63. The maximum atomic E-state index is 3.54. The lowest BCUT2D eigenvalue weighted by Gasteiger charge is -1.96. The first-order chi connectivity index (χ1) is 7.25. The van der Waals surface area contributed by atoms with Gasteiger partial charge in [0.15, 0.2) is 0 Å². The van der Waals surface area contributed by atoms with E-state index in [-0.39, 0.29) is 0 Å². The van der Waals surface area contributed by atoms with Crippen molar-refractivity contribution in [3.8, 4) is 0 Å². The van der Waals surface area contributed by atoms with Crippen molar-refractivity contribution >= 4 is 63.4 Å². The fourth-order valence-electron chi connectivity index (χ4n) is 1.72. The summed E-state index contributed by atoms with van der Waals surface area (Å²) in [5, 5.41) is 2.66. The molecule has 2 aromatic carbocycles. The molecule has 0 unspecified atom stereocenters. The highest BCUT2D eigenvalue weighted by molar-refractivity contribution is 9.13. The molecule has 0 amide bonds. The Labute approximate surface area is 108 Å². The Balaban J connectivity index is 2.56. The second kappa shape index (κ2) is 3.58. The first-order valence-corrected chi connectivity index (χ1v) is 6.92. The molecule has 0 nitrogen and oxygen atoms in total. The molecule has 0 atom stereocenters. The lowest BCUT2D eigenvalue weighted by molar-refractivity contribution is 1.69. The van der Waals surface area contributed by atoms with Gasteiger partial charge in [0, 0.05) is 29.1 Å². The van der Waals surface area contributed by atoms with Gasteiger partial charge in [-0.3, -0.25) is 0 Å². The average molecular weight is 342 g/mol. The molecule has 0 saturated heterocycles. The van der Waals surface area contributed by atoms with Crippen molar-refractivity contribution in [3.63, 3.8) is 0 Å². The quantitative estimate of drug-likeness (QED) is 0.500. The molecule has 0 fully saturated rings. The van der Waals surface area contributed by atoms with Gasteiger partial charge in [-0.1, -0.05) is 18.2 Å². The van der Waals surface area contributed by atoms with Gasteiger partial charge in [0.25, 0.3) is 0 Å². The highest BCUT2D eigenvalue weighted by Crippen LogP contribution is 2.38. The molecule has 0 saturated carbocycles. The summed E-state index contributed by atoms with van der Waals surface area (Å²) in [4.78, 5) is 0. The zero-order chi connectivity index (χ0) is 10.4. The van der Waals surface area contributed by atoms with Gasteiger partial charge in [-0.25, -0.2) is 0 Å². The SMILES string of the molecule is Brc1cc2sc3ccccc3c2cc1Br. The molecule has 74 valence electrons. The molecule has 3 aromatic rings. The highest BCUT2D eigenvalue weighted by atomic mass is 79.9. The van der Waals surface area contributed by atoms with Crippen LogP contribution in [0.5, 0.6) is 0 Å². The van der Waals surface area contributed by atoms with Crippen LogP contribution >= 0.6 is 43.2 Å². The number of thiophene rings is 1. The van der Waals surface area contributed by atoms with Crippen molar-refractivity contribution < 1.29 is 0 Å². The molecule has 1 aromatic heterocycles. The van der Waals surface area contributed by atoms with Gasteiger partial charge in [0.1, 0.15) is 0 Å². The largest absolute Gasteiger partial charge is 0.135 e. The second-order valence-electron chi connectivity index (χ2n) is 3.36. The minimum Gasteiger partial charge on any atom is -0.135 e. The Morgan fingerprint density at radius 2 is 1.53 bits per heavy atom. The minimum atomic E-state index is 1.11. The van der Waals surface area contributed by atoms with Crippen LogP contribution in [-0.4, -0.2) is 0 Å². The fourth-order valence-corrected chi connectivity index (χ4v) is 3.69. The van der Waals surface area contributed by atoms with Crippen molar-refractivity contribution in [2.45, 2.75) is 0 Å². The lowest BCUT2D eigenvalue weighted by Crippen LogP contribution is -1.69. The third kappa shape index (κ3) is 1.53. The van der Waals surface area contributed by atoms with Gasteiger partial charge in [0.05, 0.1) is 0 Å². The van der Waals surface area contributed by atoms with Crippen LogP contribution in [0.3, 0.4) is 0 Å². The van der Waals surface area contributed by atoms with Gasteiger partial charge in [-0.05, 0) is 50.1 Å². The molecule has 0 spiro atoms. The second-order valence-corrected chi connectivity index (χ2v) is 6.15. The molecule has 0 aliphatic carbocycles. The van der Waals surface area contributed by atoms with Crippen LogP contribution in [0.15, 0.2) is 45.3 Å². The summed E-state index contributed by atoms with van der Waals surface area (Å²) in [6.45, 7) is 0. The molecule has 0 aliphatic rings. The molecular weight excluding hydrogens is 336 g/mol. The molecule has 0 radical (unpaired) electrons. The summed E-state index contributed by atoms with van der Waals surface area (Å²) >= 11 is 8.91. The summed E-state index contributed by atoms with van der Waals surface area (Å²) in [7, 11) is 0. The molecular formula is C12H6Br2S. The maximum Gasteiger partial charge on any atom is 0.0367 e. The average Bonchev–Trinajstić information content (AvgIpc) is 2.57. The third-order valence-electron chi connectivity index (χ3n) is 2.42. The number of halogens is 2. The van der Waals surface area contributed by atoms with Crippen LogP contribution in [0.25, 0.3) is 20.2 Å². The van der Waals surface area contributed by atoms with E-state index in [2.05, 4.69) is 68.3 Å². The van der Waals surface area contributed by atoms with Gasteiger partial charge in [-0.15, -0.1) is 11.3 Å². The van der Waals surface area contributed by atoms with E-state index in [0.717, 1.165) is 8.95 Å². The Bertz CT molecular complexity index is 655. The molecule has 3 heteroatoms. The molecule has 0 aliphatic heterocycles. The molecule has 1 heterocycles. The van der Waals surface area contributed by atoms with Crippen molar-refractivity contribution in [1.82, 2.24) is 0 Å². The van der Waals surface area contributed by atoms with E-state index in [1.54, 1.807) is 0 Å². The van der Waals surface area contributed by atoms with Crippen molar-refractivity contribution in [2.75, 3.05) is 0 Å². The number of hydrogen-bond donors (Lipinski definition) is 0. The highest BCUT2D eigenvalue weighted by Gasteiger charge is 2.06. The number of fused-ring (bicyclic) bond motifs is 3. The van der Waals surface area contributed by atoms with Crippen molar-refractivity contribution in [2.24, 2.45) is 0 Å². The molecule has 3 rings (SSSR count).